The summed E-state index contributed by atoms with van der Waals surface area (Å²) < 4.78 is 31.1. The predicted octanol–water partition coefficient (Wildman–Crippen LogP) is 1.91. The van der Waals surface area contributed by atoms with Gasteiger partial charge in [0.15, 0.2) is 15.7 Å². The molecule has 2 saturated carbocycles. The van der Waals surface area contributed by atoms with Gasteiger partial charge in [0, 0.05) is 24.4 Å². The second-order valence-electron chi connectivity index (χ2n) is 8.26. The first-order valence-corrected chi connectivity index (χ1v) is 11.6. The van der Waals surface area contributed by atoms with Gasteiger partial charge in [-0.25, -0.2) is 23.4 Å². The zero-order valence-corrected chi connectivity index (χ0v) is 17.2. The Morgan fingerprint density at radius 1 is 1.24 bits per heavy atom. The fourth-order valence-electron chi connectivity index (χ4n) is 4.05. The van der Waals surface area contributed by atoms with Crippen LogP contribution >= 0.6 is 0 Å². The lowest BCUT2D eigenvalue weighted by atomic mass is 10.2. The van der Waals surface area contributed by atoms with Crippen LogP contribution in [-0.4, -0.2) is 54.4 Å². The summed E-state index contributed by atoms with van der Waals surface area (Å²) in [4.78, 5) is 15.8. The van der Waals surface area contributed by atoms with Crippen LogP contribution in [0.5, 0.6) is 0 Å². The normalized spacial score (nSPS) is 23.8. The van der Waals surface area contributed by atoms with Crippen LogP contribution in [0.3, 0.4) is 0 Å². The van der Waals surface area contributed by atoms with Crippen molar-refractivity contribution in [3.8, 4) is 11.4 Å². The van der Waals surface area contributed by atoms with Crippen molar-refractivity contribution in [2.45, 2.75) is 48.6 Å². The average molecular weight is 416 g/mol. The summed E-state index contributed by atoms with van der Waals surface area (Å²) >= 11 is 0. The largest absolute Gasteiger partial charge is 0.384 e. The highest BCUT2D eigenvalue weighted by Gasteiger charge is 2.61. The van der Waals surface area contributed by atoms with Crippen molar-refractivity contribution in [1.82, 2.24) is 15.0 Å². The predicted molar refractivity (Wildman–Crippen MR) is 110 cm³/mol. The summed E-state index contributed by atoms with van der Waals surface area (Å²) in [7, 11) is -3.24. The summed E-state index contributed by atoms with van der Waals surface area (Å²) in [5.74, 6) is 1.65. The minimum atomic E-state index is -3.24. The zero-order chi connectivity index (χ0) is 20.2. The summed E-state index contributed by atoms with van der Waals surface area (Å²) in [5.41, 5.74) is 7.06. The molecular formula is C20H25N5O3S. The molecule has 3 aliphatic rings. The van der Waals surface area contributed by atoms with Gasteiger partial charge in [0.25, 0.3) is 0 Å². The van der Waals surface area contributed by atoms with E-state index in [2.05, 4.69) is 16.8 Å². The Labute approximate surface area is 170 Å². The molecule has 0 spiro atoms. The second kappa shape index (κ2) is 6.63. The van der Waals surface area contributed by atoms with Crippen molar-refractivity contribution in [3.63, 3.8) is 0 Å². The molecule has 0 amide bonds. The lowest BCUT2D eigenvalue weighted by molar-refractivity contribution is 0.0985. The Hall–Kier alpha value is -2.26. The van der Waals surface area contributed by atoms with Crippen molar-refractivity contribution in [1.29, 1.82) is 0 Å². The first-order valence-electron chi connectivity index (χ1n) is 10.1. The molecule has 1 aliphatic heterocycles. The van der Waals surface area contributed by atoms with E-state index in [4.69, 9.17) is 20.4 Å². The molecule has 2 N–H and O–H groups in total. The number of ether oxygens (including phenoxy) is 1. The number of aromatic nitrogens is 3. The van der Waals surface area contributed by atoms with Gasteiger partial charge < -0.3 is 15.4 Å². The minimum absolute atomic E-state index is 0.152. The third-order valence-corrected chi connectivity index (χ3v) is 9.15. The van der Waals surface area contributed by atoms with Crippen LogP contribution in [-0.2, 0) is 19.3 Å². The number of hydrogen-bond donors (Lipinski definition) is 1. The maximum Gasteiger partial charge on any atom is 0.164 e. The van der Waals surface area contributed by atoms with Crippen LogP contribution in [0.4, 0.5) is 11.6 Å². The number of anilines is 2. The number of sulfone groups is 1. The van der Waals surface area contributed by atoms with E-state index in [0.29, 0.717) is 49.9 Å². The number of rotatable bonds is 5. The molecule has 2 aliphatic carbocycles. The number of nitrogens with two attached hydrogens (primary N) is 1. The summed E-state index contributed by atoms with van der Waals surface area (Å²) in [6.45, 7) is 4.02. The number of nitrogen functional groups attached to an aromatic ring is 1. The van der Waals surface area contributed by atoms with Crippen LogP contribution in [0.25, 0.3) is 11.4 Å². The third-order valence-electron chi connectivity index (χ3n) is 6.10. The molecule has 1 atom stereocenters. The number of morpholine rings is 1. The molecule has 3 heterocycles. The standard InChI is InChI=1S/C20H25N5O3S/c1-13-12-28-9-8-25(13)18-10-16(20(6-7-20)29(26,27)15-3-4-15)23-19(24-18)14-2-5-17(21)22-11-14/h2,5,10-11,13,15H,3-4,6-9,12H2,1H3,(H2,21,22)/t13-/m0/s1. The molecule has 1 saturated heterocycles. The van der Waals surface area contributed by atoms with Gasteiger partial charge in [-0.05, 0) is 44.7 Å². The summed E-state index contributed by atoms with van der Waals surface area (Å²) in [6.07, 6.45) is 4.41. The second-order valence-corrected chi connectivity index (χ2v) is 10.8. The SMILES string of the molecule is C[C@H]1COCCN1c1cc(C2(S(=O)(=O)C3CC3)CC2)nc(-c2ccc(N)nc2)n1. The average Bonchev–Trinajstić information content (AvgIpc) is 3.61. The Balaban J connectivity index is 1.63. The van der Waals surface area contributed by atoms with E-state index in [1.165, 1.54) is 0 Å². The third kappa shape index (κ3) is 3.16. The monoisotopic (exact) mass is 415 g/mol. The maximum absolute atomic E-state index is 13.2. The quantitative estimate of drug-likeness (QED) is 0.788. The number of hydrogen-bond acceptors (Lipinski definition) is 8. The highest BCUT2D eigenvalue weighted by molar-refractivity contribution is 7.93. The molecule has 0 radical (unpaired) electrons. The van der Waals surface area contributed by atoms with E-state index in [0.717, 1.165) is 24.2 Å². The lowest BCUT2D eigenvalue weighted by Crippen LogP contribution is -2.44. The fourth-order valence-corrected chi connectivity index (χ4v) is 6.51. The van der Waals surface area contributed by atoms with E-state index in [1.807, 2.05) is 12.1 Å². The van der Waals surface area contributed by atoms with Crippen LogP contribution in [0.1, 0.15) is 38.3 Å². The minimum Gasteiger partial charge on any atom is -0.384 e. The fraction of sp³-hybridized carbons (Fsp3) is 0.550. The van der Waals surface area contributed by atoms with Crippen LogP contribution in [0.15, 0.2) is 24.4 Å². The van der Waals surface area contributed by atoms with Gasteiger partial charge in [-0.3, -0.25) is 0 Å². The van der Waals surface area contributed by atoms with Gasteiger partial charge in [-0.1, -0.05) is 0 Å². The van der Waals surface area contributed by atoms with Crippen molar-refractivity contribution in [2.75, 3.05) is 30.4 Å². The smallest absolute Gasteiger partial charge is 0.164 e. The van der Waals surface area contributed by atoms with Crippen LogP contribution in [0, 0.1) is 0 Å². The Bertz CT molecular complexity index is 1030. The van der Waals surface area contributed by atoms with Crippen molar-refractivity contribution >= 4 is 21.5 Å². The molecule has 2 aromatic rings. The topological polar surface area (TPSA) is 111 Å². The van der Waals surface area contributed by atoms with E-state index in [-0.39, 0.29) is 11.3 Å². The highest BCUT2D eigenvalue weighted by atomic mass is 32.2. The van der Waals surface area contributed by atoms with Gasteiger partial charge >= 0.3 is 0 Å². The molecule has 9 heteroatoms. The zero-order valence-electron chi connectivity index (χ0n) is 16.4. The molecule has 3 fully saturated rings. The van der Waals surface area contributed by atoms with Gasteiger partial charge in [0.05, 0.1) is 30.2 Å². The molecule has 2 aromatic heterocycles. The van der Waals surface area contributed by atoms with E-state index in [9.17, 15) is 8.42 Å². The maximum atomic E-state index is 13.2. The molecular weight excluding hydrogens is 390 g/mol. The Kier molecular flexibility index (Phi) is 4.29. The molecule has 29 heavy (non-hydrogen) atoms. The molecule has 0 aromatic carbocycles. The molecule has 5 rings (SSSR count). The van der Waals surface area contributed by atoms with E-state index in [1.54, 1.807) is 12.3 Å². The summed E-state index contributed by atoms with van der Waals surface area (Å²) in [6, 6.07) is 5.56. The highest BCUT2D eigenvalue weighted by Crippen LogP contribution is 2.57. The molecule has 8 nitrogen and oxygen atoms in total. The summed E-state index contributed by atoms with van der Waals surface area (Å²) in [5, 5.41) is -0.215. The van der Waals surface area contributed by atoms with Gasteiger partial charge in [0.1, 0.15) is 16.4 Å². The molecule has 0 bridgehead atoms. The Morgan fingerprint density at radius 3 is 2.66 bits per heavy atom. The van der Waals surface area contributed by atoms with Crippen molar-refractivity contribution in [3.05, 3.63) is 30.1 Å². The van der Waals surface area contributed by atoms with Gasteiger partial charge in [0.2, 0.25) is 0 Å². The van der Waals surface area contributed by atoms with Crippen molar-refractivity contribution < 1.29 is 13.2 Å². The van der Waals surface area contributed by atoms with E-state index < -0.39 is 14.6 Å². The molecule has 154 valence electrons. The Morgan fingerprint density at radius 2 is 2.03 bits per heavy atom. The molecule has 0 unspecified atom stereocenters. The lowest BCUT2D eigenvalue weighted by Gasteiger charge is -2.34. The van der Waals surface area contributed by atoms with Gasteiger partial charge in [-0.2, -0.15) is 0 Å². The first kappa shape index (κ1) is 18.7. The van der Waals surface area contributed by atoms with Crippen LogP contribution < -0.4 is 10.6 Å². The van der Waals surface area contributed by atoms with E-state index >= 15 is 0 Å². The number of pyridine rings is 1. The first-order chi connectivity index (χ1) is 13.9. The van der Waals surface area contributed by atoms with Gasteiger partial charge in [-0.15, -0.1) is 0 Å². The van der Waals surface area contributed by atoms with Crippen molar-refractivity contribution in [2.24, 2.45) is 0 Å². The van der Waals surface area contributed by atoms with Crippen LogP contribution in [0.2, 0.25) is 0 Å². The number of nitrogens with zero attached hydrogens (tertiary/aromatic N) is 4.